The number of aromatic hydroxyl groups is 1. The molecule has 0 unspecified atom stereocenters. The van der Waals surface area contributed by atoms with Gasteiger partial charge in [-0.05, 0) is 15.6 Å². The van der Waals surface area contributed by atoms with E-state index in [0.29, 0.717) is 0 Å². The van der Waals surface area contributed by atoms with Crippen molar-refractivity contribution >= 4 is 81.9 Å². The fourth-order valence-corrected chi connectivity index (χ4v) is 7.28. The van der Waals surface area contributed by atoms with Crippen LogP contribution >= 0.6 is 58.0 Å². The van der Waals surface area contributed by atoms with Gasteiger partial charge in [0.05, 0.1) is 15.1 Å². The zero-order chi connectivity index (χ0) is 23.3. The Morgan fingerprint density at radius 1 is 0.455 bits per heavy atom. The third-order valence-electron chi connectivity index (χ3n) is 4.76. The molecule has 4 aromatic carbocycles. The second-order valence-electron chi connectivity index (χ2n) is 6.73. The first-order valence-corrected chi connectivity index (χ1v) is 13.2. The first kappa shape index (κ1) is 28.2. The van der Waals surface area contributed by atoms with Crippen molar-refractivity contribution in [3.63, 3.8) is 0 Å². The zero-order valence-electron chi connectivity index (χ0n) is 17.2. The molecule has 2 N–H and O–H groups in total. The normalized spacial score (nSPS) is 10.6. The van der Waals surface area contributed by atoms with E-state index in [9.17, 15) is 9.90 Å². The van der Waals surface area contributed by atoms with Crippen molar-refractivity contribution in [2.45, 2.75) is 0 Å². The molecule has 9 heteroatoms. The quantitative estimate of drug-likeness (QED) is 0.124. The summed E-state index contributed by atoms with van der Waals surface area (Å²) < 4.78 is 0. The van der Waals surface area contributed by atoms with Crippen LogP contribution in [0.15, 0.2) is 91.0 Å². The first-order chi connectivity index (χ1) is 15.3. The number of rotatable bonds is 3. The van der Waals surface area contributed by atoms with E-state index in [-0.39, 0.29) is 50.3 Å². The van der Waals surface area contributed by atoms with Crippen molar-refractivity contribution in [3.8, 4) is 5.75 Å². The summed E-state index contributed by atoms with van der Waals surface area (Å²) in [5, 5.41) is 12.0. The topological polar surface area (TPSA) is 40.5 Å². The van der Waals surface area contributed by atoms with Crippen LogP contribution in [0.4, 0.5) is 0 Å². The minimum absolute atomic E-state index is 0. The molecular weight excluding hydrogens is 591 g/mol. The molecule has 0 bridgehead atoms. The molecule has 0 spiro atoms. The maximum Gasteiger partial charge on any atom is 0.285 e. The molecule has 0 saturated carbocycles. The van der Waals surface area contributed by atoms with Gasteiger partial charge in [0.25, 0.3) is 8.32 Å². The number of hydrogen-bond donors (Lipinski definition) is 2. The minimum Gasteiger partial charge on any atom is -0.505 e. The van der Waals surface area contributed by atoms with Crippen molar-refractivity contribution < 1.29 is 29.4 Å². The molecule has 4 rings (SSSR count). The molecule has 0 aliphatic heterocycles. The van der Waals surface area contributed by atoms with Crippen LogP contribution in [0.5, 0.6) is 5.75 Å². The van der Waals surface area contributed by atoms with Crippen LogP contribution in [0.25, 0.3) is 0 Å². The Hall–Kier alpha value is -1.07. The van der Waals surface area contributed by atoms with Crippen LogP contribution in [0.3, 0.4) is 0 Å². The molecule has 0 fully saturated rings. The van der Waals surface area contributed by atoms with Gasteiger partial charge in [0.15, 0.2) is 5.75 Å². The first-order valence-electron chi connectivity index (χ1n) is 9.37. The molecule has 166 valence electrons. The summed E-state index contributed by atoms with van der Waals surface area (Å²) >= 11 is 27.9. The maximum atomic E-state index is 11.6. The second-order valence-corrected chi connectivity index (χ2v) is 11.8. The SMILES string of the molecule is O[Si](c1ccccc1)(c1ccccc1)c1ccccc1.Oc1c(Cl)c(Cl)c(Cl)c(Cl)c1Cl.[Zn]. The number of halogens is 5. The van der Waals surface area contributed by atoms with E-state index < -0.39 is 8.32 Å². The molecule has 4 aromatic rings. The van der Waals surface area contributed by atoms with Gasteiger partial charge in [-0.3, -0.25) is 0 Å². The molecule has 0 radical (unpaired) electrons. The van der Waals surface area contributed by atoms with Gasteiger partial charge in [-0.2, -0.15) is 0 Å². The summed E-state index contributed by atoms with van der Waals surface area (Å²) in [6.07, 6.45) is 0. The summed E-state index contributed by atoms with van der Waals surface area (Å²) in [5.41, 5.74) is 0. The Bertz CT molecular complexity index is 994. The van der Waals surface area contributed by atoms with E-state index in [1.165, 1.54) is 0 Å². The van der Waals surface area contributed by atoms with Gasteiger partial charge in [0, 0.05) is 19.5 Å². The van der Waals surface area contributed by atoms with Crippen LogP contribution < -0.4 is 15.6 Å². The van der Waals surface area contributed by atoms with Gasteiger partial charge in [-0.15, -0.1) is 0 Å². The average Bonchev–Trinajstić information content (AvgIpc) is 2.86. The van der Waals surface area contributed by atoms with Gasteiger partial charge in [-0.1, -0.05) is 149 Å². The summed E-state index contributed by atoms with van der Waals surface area (Å²) in [6, 6.07) is 30.0. The maximum absolute atomic E-state index is 11.6. The summed E-state index contributed by atoms with van der Waals surface area (Å²) in [4.78, 5) is 11.6. The van der Waals surface area contributed by atoms with E-state index in [0.717, 1.165) is 15.6 Å². The van der Waals surface area contributed by atoms with Gasteiger partial charge < -0.3 is 9.90 Å². The Morgan fingerprint density at radius 2 is 0.697 bits per heavy atom. The van der Waals surface area contributed by atoms with Crippen LogP contribution in [0.1, 0.15) is 0 Å². The monoisotopic (exact) mass is 604 g/mol. The Balaban J connectivity index is 0.000000257. The summed E-state index contributed by atoms with van der Waals surface area (Å²) in [5.74, 6) is -0.363. The largest absolute Gasteiger partial charge is 0.505 e. The van der Waals surface area contributed by atoms with Crippen molar-refractivity contribution in [1.29, 1.82) is 0 Å². The van der Waals surface area contributed by atoms with Crippen LogP contribution in [-0.4, -0.2) is 18.2 Å². The van der Waals surface area contributed by atoms with Crippen LogP contribution in [0.2, 0.25) is 25.1 Å². The minimum atomic E-state index is -2.88. The van der Waals surface area contributed by atoms with Crippen molar-refractivity contribution in [2.24, 2.45) is 0 Å². The van der Waals surface area contributed by atoms with Gasteiger partial charge >= 0.3 is 0 Å². The second kappa shape index (κ2) is 12.6. The number of benzene rings is 4. The standard InChI is InChI=1S/C18H16OSi.C6HCl5O.Zn/c19-20(16-10-4-1-5-11-16,17-12-6-2-7-13-17)18-14-8-3-9-15-18;7-1-2(8)4(10)6(12)5(11)3(1)9;/h1-15,19H;12H;. The average molecular weight is 608 g/mol. The van der Waals surface area contributed by atoms with Crippen molar-refractivity contribution in [2.75, 3.05) is 0 Å². The zero-order valence-corrected chi connectivity index (χ0v) is 24.9. The van der Waals surface area contributed by atoms with Crippen molar-refractivity contribution in [3.05, 3.63) is 116 Å². The van der Waals surface area contributed by atoms with Crippen LogP contribution in [-0.2, 0) is 19.5 Å². The van der Waals surface area contributed by atoms with Gasteiger partial charge in [-0.25, -0.2) is 0 Å². The van der Waals surface area contributed by atoms with E-state index in [2.05, 4.69) is 0 Å². The Morgan fingerprint density at radius 3 is 0.970 bits per heavy atom. The van der Waals surface area contributed by atoms with Gasteiger partial charge in [0.2, 0.25) is 0 Å². The van der Waals surface area contributed by atoms with E-state index >= 15 is 0 Å². The molecule has 0 amide bonds. The molecule has 0 aromatic heterocycles. The van der Waals surface area contributed by atoms with Crippen molar-refractivity contribution in [1.82, 2.24) is 0 Å². The Labute approximate surface area is 231 Å². The molecular formula is C24H17Cl5O2SiZn. The fraction of sp³-hybridized carbons (Fsp3) is 0. The predicted molar refractivity (Wildman–Crippen MR) is 139 cm³/mol. The summed E-state index contributed by atoms with van der Waals surface area (Å²) in [6.45, 7) is 0. The molecule has 0 aliphatic carbocycles. The Kier molecular flexibility index (Phi) is 10.7. The molecule has 0 aliphatic rings. The molecule has 2 nitrogen and oxygen atoms in total. The number of phenolic OH excluding ortho intramolecular Hbond substituents is 1. The smallest absolute Gasteiger partial charge is 0.285 e. The van der Waals surface area contributed by atoms with E-state index in [1.54, 1.807) is 0 Å². The molecule has 0 atom stereocenters. The number of phenols is 1. The third kappa shape index (κ3) is 6.14. The molecule has 0 heterocycles. The third-order valence-corrected chi connectivity index (χ3v) is 10.5. The van der Waals surface area contributed by atoms with E-state index in [4.69, 9.17) is 58.0 Å². The molecule has 0 saturated heterocycles. The predicted octanol–water partition coefficient (Wildman–Crippen LogP) is 6.30. The molecule has 33 heavy (non-hydrogen) atoms. The van der Waals surface area contributed by atoms with Gasteiger partial charge in [0.1, 0.15) is 10.0 Å². The van der Waals surface area contributed by atoms with Crippen LogP contribution in [0, 0.1) is 0 Å². The fourth-order valence-electron chi connectivity index (χ4n) is 3.13. The summed E-state index contributed by atoms with van der Waals surface area (Å²) in [7, 11) is -2.88. The number of hydrogen-bond acceptors (Lipinski definition) is 2. The van der Waals surface area contributed by atoms with E-state index in [1.807, 2.05) is 91.0 Å².